The quantitative estimate of drug-likeness (QED) is 0.528. The van der Waals surface area contributed by atoms with E-state index in [1.165, 1.54) is 6.42 Å². The Balaban J connectivity index is 1.59. The van der Waals surface area contributed by atoms with Crippen molar-refractivity contribution >= 4 is 22.8 Å². The van der Waals surface area contributed by atoms with Crippen LogP contribution in [0.3, 0.4) is 0 Å². The van der Waals surface area contributed by atoms with Gasteiger partial charge < -0.3 is 19.5 Å². The number of hydrogen-bond donors (Lipinski definition) is 1. The third-order valence-corrected chi connectivity index (χ3v) is 5.49. The lowest BCUT2D eigenvalue weighted by Crippen LogP contribution is -2.31. The Morgan fingerprint density at radius 1 is 1.16 bits per heavy atom. The number of nitrogens with zero attached hydrogens (tertiary/aromatic N) is 4. The van der Waals surface area contributed by atoms with Gasteiger partial charge in [0.25, 0.3) is 5.71 Å². The van der Waals surface area contributed by atoms with Gasteiger partial charge in [0.2, 0.25) is 5.91 Å². The fourth-order valence-electron chi connectivity index (χ4n) is 3.88. The summed E-state index contributed by atoms with van der Waals surface area (Å²) < 4.78 is 10.6. The van der Waals surface area contributed by atoms with Crippen molar-refractivity contribution in [3.8, 4) is 11.3 Å². The number of anilines is 1. The SMILES string of the molecule is COCCCNC(=O)CCc1nc(N2CCCCC2)c2c(-c3ccccc3)noc2n1. The largest absolute Gasteiger partial charge is 0.385 e. The lowest BCUT2D eigenvalue weighted by atomic mass is 10.1. The van der Waals surface area contributed by atoms with Crippen LogP contribution in [0.25, 0.3) is 22.4 Å². The lowest BCUT2D eigenvalue weighted by molar-refractivity contribution is -0.121. The minimum Gasteiger partial charge on any atom is -0.385 e. The standard InChI is InChI=1S/C23H29N5O3/c1-30-16-8-13-24-19(29)12-11-18-25-22(28-14-6-3-7-15-28)20-21(27-31-23(20)26-18)17-9-4-2-5-10-17/h2,4-5,9-10H,3,6-8,11-16H2,1H3,(H,24,29). The van der Waals surface area contributed by atoms with Gasteiger partial charge in [0.1, 0.15) is 22.7 Å². The van der Waals surface area contributed by atoms with Crippen LogP contribution in [0.1, 0.15) is 37.9 Å². The third kappa shape index (κ3) is 5.19. The summed E-state index contributed by atoms with van der Waals surface area (Å²) in [5, 5.41) is 8.08. The number of carbonyl (C=O) groups is 1. The highest BCUT2D eigenvalue weighted by Crippen LogP contribution is 2.34. The molecule has 1 amide bonds. The van der Waals surface area contributed by atoms with Crippen molar-refractivity contribution in [2.24, 2.45) is 0 Å². The third-order valence-electron chi connectivity index (χ3n) is 5.49. The second-order valence-corrected chi connectivity index (χ2v) is 7.78. The Morgan fingerprint density at radius 2 is 1.97 bits per heavy atom. The highest BCUT2D eigenvalue weighted by molar-refractivity contribution is 5.98. The molecule has 2 aromatic heterocycles. The number of benzene rings is 1. The molecule has 0 bridgehead atoms. The van der Waals surface area contributed by atoms with E-state index in [-0.39, 0.29) is 5.91 Å². The molecule has 164 valence electrons. The Labute approximate surface area is 182 Å². The van der Waals surface area contributed by atoms with Crippen molar-refractivity contribution in [3.05, 3.63) is 36.2 Å². The molecule has 8 nitrogen and oxygen atoms in total. The van der Waals surface area contributed by atoms with E-state index in [0.717, 1.165) is 54.8 Å². The molecule has 1 fully saturated rings. The average Bonchev–Trinajstić information content (AvgIpc) is 3.25. The van der Waals surface area contributed by atoms with Gasteiger partial charge in [-0.2, -0.15) is 4.98 Å². The molecule has 1 aliphatic rings. The van der Waals surface area contributed by atoms with Crippen molar-refractivity contribution < 1.29 is 14.1 Å². The van der Waals surface area contributed by atoms with E-state index in [1.807, 2.05) is 30.3 Å². The summed E-state index contributed by atoms with van der Waals surface area (Å²) in [6, 6.07) is 9.97. The van der Waals surface area contributed by atoms with Crippen LogP contribution >= 0.6 is 0 Å². The van der Waals surface area contributed by atoms with Crippen LogP contribution in [-0.2, 0) is 16.0 Å². The zero-order chi connectivity index (χ0) is 21.5. The van der Waals surface area contributed by atoms with E-state index < -0.39 is 0 Å². The number of nitrogens with one attached hydrogen (secondary N) is 1. The first-order valence-corrected chi connectivity index (χ1v) is 11.0. The zero-order valence-corrected chi connectivity index (χ0v) is 18.0. The topological polar surface area (TPSA) is 93.4 Å². The molecular formula is C23H29N5O3. The zero-order valence-electron chi connectivity index (χ0n) is 18.0. The molecule has 3 aromatic rings. The number of piperidine rings is 1. The van der Waals surface area contributed by atoms with Crippen molar-refractivity contribution in [1.82, 2.24) is 20.4 Å². The van der Waals surface area contributed by atoms with E-state index in [0.29, 0.717) is 37.5 Å². The molecule has 0 spiro atoms. The van der Waals surface area contributed by atoms with Gasteiger partial charge in [-0.3, -0.25) is 4.79 Å². The number of aromatic nitrogens is 3. The molecular weight excluding hydrogens is 394 g/mol. The van der Waals surface area contributed by atoms with Gasteiger partial charge in [-0.25, -0.2) is 4.98 Å². The van der Waals surface area contributed by atoms with E-state index in [4.69, 9.17) is 14.2 Å². The van der Waals surface area contributed by atoms with Crippen LogP contribution in [0.4, 0.5) is 5.82 Å². The van der Waals surface area contributed by atoms with Crippen LogP contribution in [0, 0.1) is 0 Å². The fraction of sp³-hybridized carbons (Fsp3) is 0.478. The Morgan fingerprint density at radius 3 is 2.74 bits per heavy atom. The molecule has 3 heterocycles. The van der Waals surface area contributed by atoms with Crippen LogP contribution in [-0.4, -0.2) is 54.4 Å². The number of hydrogen-bond acceptors (Lipinski definition) is 7. The van der Waals surface area contributed by atoms with Crippen molar-refractivity contribution in [3.63, 3.8) is 0 Å². The van der Waals surface area contributed by atoms with Gasteiger partial charge in [0.15, 0.2) is 0 Å². The van der Waals surface area contributed by atoms with Gasteiger partial charge in [-0.1, -0.05) is 35.5 Å². The molecule has 1 aliphatic heterocycles. The maximum Gasteiger partial charge on any atom is 0.263 e. The number of methoxy groups -OCH3 is 1. The minimum atomic E-state index is -0.0122. The molecule has 8 heteroatoms. The molecule has 1 aromatic carbocycles. The summed E-state index contributed by atoms with van der Waals surface area (Å²) >= 11 is 0. The first-order chi connectivity index (χ1) is 15.3. The van der Waals surface area contributed by atoms with Crippen LogP contribution in [0.2, 0.25) is 0 Å². The Hall–Kier alpha value is -3.00. The summed E-state index contributed by atoms with van der Waals surface area (Å²) in [5.41, 5.74) is 2.22. The van der Waals surface area contributed by atoms with Gasteiger partial charge in [0.05, 0.1) is 0 Å². The van der Waals surface area contributed by atoms with E-state index in [1.54, 1.807) is 7.11 Å². The predicted octanol–water partition coefficient (Wildman–Crippen LogP) is 3.36. The van der Waals surface area contributed by atoms with Gasteiger partial charge in [-0.05, 0) is 25.7 Å². The summed E-state index contributed by atoms with van der Waals surface area (Å²) in [7, 11) is 1.65. The molecule has 1 saturated heterocycles. The van der Waals surface area contributed by atoms with Crippen molar-refractivity contribution in [2.75, 3.05) is 38.3 Å². The number of rotatable bonds is 9. The van der Waals surface area contributed by atoms with Gasteiger partial charge >= 0.3 is 0 Å². The molecule has 0 atom stereocenters. The lowest BCUT2D eigenvalue weighted by Gasteiger charge is -2.28. The second-order valence-electron chi connectivity index (χ2n) is 7.78. The van der Waals surface area contributed by atoms with E-state index in [9.17, 15) is 4.79 Å². The summed E-state index contributed by atoms with van der Waals surface area (Å²) in [6.07, 6.45) is 5.08. The second kappa shape index (κ2) is 10.3. The first kappa shape index (κ1) is 21.2. The molecule has 1 N–H and O–H groups in total. The molecule has 31 heavy (non-hydrogen) atoms. The van der Waals surface area contributed by atoms with Crippen LogP contribution < -0.4 is 10.2 Å². The van der Waals surface area contributed by atoms with Gasteiger partial charge in [0, 0.05) is 51.8 Å². The molecule has 0 radical (unpaired) electrons. The van der Waals surface area contributed by atoms with Crippen molar-refractivity contribution in [2.45, 2.75) is 38.5 Å². The first-order valence-electron chi connectivity index (χ1n) is 11.0. The molecule has 4 rings (SSSR count). The number of amides is 1. The molecule has 0 aliphatic carbocycles. The normalized spacial score (nSPS) is 14.2. The van der Waals surface area contributed by atoms with Gasteiger partial charge in [-0.15, -0.1) is 0 Å². The summed E-state index contributed by atoms with van der Waals surface area (Å²) in [6.45, 7) is 3.14. The van der Waals surface area contributed by atoms with E-state index >= 15 is 0 Å². The van der Waals surface area contributed by atoms with Crippen LogP contribution in [0.15, 0.2) is 34.9 Å². The number of carbonyl (C=O) groups excluding carboxylic acids is 1. The highest BCUT2D eigenvalue weighted by atomic mass is 16.5. The highest BCUT2D eigenvalue weighted by Gasteiger charge is 2.23. The minimum absolute atomic E-state index is 0.0122. The monoisotopic (exact) mass is 423 g/mol. The number of aryl methyl sites for hydroxylation is 1. The Bertz CT molecular complexity index is 999. The number of ether oxygens (including phenoxy) is 1. The maximum absolute atomic E-state index is 12.2. The molecule has 0 saturated carbocycles. The molecule has 0 unspecified atom stereocenters. The van der Waals surface area contributed by atoms with Crippen LogP contribution in [0.5, 0.6) is 0 Å². The Kier molecular flexibility index (Phi) is 7.09. The number of fused-ring (bicyclic) bond motifs is 1. The average molecular weight is 424 g/mol. The fourth-order valence-corrected chi connectivity index (χ4v) is 3.88. The maximum atomic E-state index is 12.2. The van der Waals surface area contributed by atoms with E-state index in [2.05, 4.69) is 20.4 Å². The summed E-state index contributed by atoms with van der Waals surface area (Å²) in [5.74, 6) is 1.46. The summed E-state index contributed by atoms with van der Waals surface area (Å²) in [4.78, 5) is 23.9. The predicted molar refractivity (Wildman–Crippen MR) is 119 cm³/mol. The van der Waals surface area contributed by atoms with Crippen molar-refractivity contribution in [1.29, 1.82) is 0 Å². The smallest absolute Gasteiger partial charge is 0.263 e.